The number of aliphatic hydroxyl groups excluding tert-OH is 1. The zero-order valence-electron chi connectivity index (χ0n) is 14.3. The average molecular weight is 324 g/mol. The number of benzene rings is 2. The molecule has 126 valence electrons. The standard InChI is InChI=1S/C20H24N2O2/c1-15-9-10-19(16(2)14-15)24-13-11-22-18-7-4-3-6-17(18)21-20(22)8-5-12-23/h3-4,6-7,9-10,14,23H,5,8,11-13H2,1-2H3. The van der Waals surface area contributed by atoms with Gasteiger partial charge in [-0.05, 0) is 44.0 Å². The van der Waals surface area contributed by atoms with Crippen molar-refractivity contribution in [3.8, 4) is 5.75 Å². The van der Waals surface area contributed by atoms with E-state index in [4.69, 9.17) is 14.8 Å². The molecule has 0 saturated carbocycles. The van der Waals surface area contributed by atoms with Gasteiger partial charge >= 0.3 is 0 Å². The number of para-hydroxylation sites is 2. The summed E-state index contributed by atoms with van der Waals surface area (Å²) in [7, 11) is 0. The smallest absolute Gasteiger partial charge is 0.122 e. The van der Waals surface area contributed by atoms with Gasteiger partial charge in [0.15, 0.2) is 0 Å². The third-order valence-corrected chi connectivity index (χ3v) is 4.19. The molecule has 0 fully saturated rings. The van der Waals surface area contributed by atoms with E-state index in [0.717, 1.165) is 47.6 Å². The summed E-state index contributed by atoms with van der Waals surface area (Å²) in [6.07, 6.45) is 1.50. The first kappa shape index (κ1) is 16.5. The first-order valence-corrected chi connectivity index (χ1v) is 8.44. The van der Waals surface area contributed by atoms with Gasteiger partial charge in [-0.3, -0.25) is 0 Å². The molecular formula is C20H24N2O2. The first-order chi connectivity index (χ1) is 11.7. The van der Waals surface area contributed by atoms with Gasteiger partial charge in [0.1, 0.15) is 18.2 Å². The zero-order chi connectivity index (χ0) is 16.9. The van der Waals surface area contributed by atoms with Gasteiger partial charge in [-0.15, -0.1) is 0 Å². The van der Waals surface area contributed by atoms with Gasteiger partial charge in [-0.2, -0.15) is 0 Å². The molecular weight excluding hydrogens is 300 g/mol. The summed E-state index contributed by atoms with van der Waals surface area (Å²) in [5.41, 5.74) is 4.52. The Balaban J connectivity index is 1.76. The van der Waals surface area contributed by atoms with Crippen LogP contribution in [0.4, 0.5) is 0 Å². The molecule has 0 aliphatic rings. The van der Waals surface area contributed by atoms with E-state index in [1.807, 2.05) is 24.3 Å². The molecule has 24 heavy (non-hydrogen) atoms. The Morgan fingerprint density at radius 2 is 1.96 bits per heavy atom. The zero-order valence-corrected chi connectivity index (χ0v) is 14.3. The minimum Gasteiger partial charge on any atom is -0.491 e. The van der Waals surface area contributed by atoms with Crippen molar-refractivity contribution >= 4 is 11.0 Å². The van der Waals surface area contributed by atoms with Crippen molar-refractivity contribution < 1.29 is 9.84 Å². The van der Waals surface area contributed by atoms with Gasteiger partial charge in [0, 0.05) is 13.0 Å². The van der Waals surface area contributed by atoms with Crippen LogP contribution in [0.15, 0.2) is 42.5 Å². The van der Waals surface area contributed by atoms with E-state index >= 15 is 0 Å². The minimum absolute atomic E-state index is 0.183. The second-order valence-electron chi connectivity index (χ2n) is 6.11. The number of rotatable bonds is 7. The molecule has 0 aliphatic carbocycles. The molecule has 3 aromatic rings. The molecule has 0 bridgehead atoms. The summed E-state index contributed by atoms with van der Waals surface area (Å²) in [4.78, 5) is 4.70. The van der Waals surface area contributed by atoms with Crippen LogP contribution in [0.2, 0.25) is 0 Å². The predicted molar refractivity (Wildman–Crippen MR) is 96.6 cm³/mol. The van der Waals surface area contributed by atoms with Crippen molar-refractivity contribution in [3.63, 3.8) is 0 Å². The number of nitrogens with zero attached hydrogens (tertiary/aromatic N) is 2. The van der Waals surface area contributed by atoms with E-state index in [-0.39, 0.29) is 6.61 Å². The molecule has 0 unspecified atom stereocenters. The van der Waals surface area contributed by atoms with Crippen LogP contribution >= 0.6 is 0 Å². The van der Waals surface area contributed by atoms with Gasteiger partial charge in [-0.25, -0.2) is 4.98 Å². The molecule has 0 atom stereocenters. The predicted octanol–water partition coefficient (Wildman–Crippen LogP) is 3.66. The van der Waals surface area contributed by atoms with Gasteiger partial charge < -0.3 is 14.4 Å². The van der Waals surface area contributed by atoms with Crippen LogP contribution in [-0.4, -0.2) is 27.9 Å². The number of aromatic nitrogens is 2. The van der Waals surface area contributed by atoms with Crippen LogP contribution in [-0.2, 0) is 13.0 Å². The Hall–Kier alpha value is -2.33. The Kier molecular flexibility index (Phi) is 5.16. The number of hydrogen-bond acceptors (Lipinski definition) is 3. The monoisotopic (exact) mass is 324 g/mol. The fourth-order valence-corrected chi connectivity index (χ4v) is 3.01. The van der Waals surface area contributed by atoms with Crippen LogP contribution in [0.3, 0.4) is 0 Å². The van der Waals surface area contributed by atoms with E-state index in [0.29, 0.717) is 6.61 Å². The summed E-state index contributed by atoms with van der Waals surface area (Å²) in [5.74, 6) is 1.94. The molecule has 3 rings (SSSR count). The van der Waals surface area contributed by atoms with Crippen molar-refractivity contribution in [1.29, 1.82) is 0 Å². The van der Waals surface area contributed by atoms with Gasteiger partial charge in [0.05, 0.1) is 17.6 Å². The highest BCUT2D eigenvalue weighted by Gasteiger charge is 2.10. The number of hydrogen-bond donors (Lipinski definition) is 1. The minimum atomic E-state index is 0.183. The summed E-state index contributed by atoms with van der Waals surface area (Å²) in [6.45, 7) is 5.68. The molecule has 0 aliphatic heterocycles. The maximum atomic E-state index is 9.11. The molecule has 0 spiro atoms. The Labute approximate surface area is 142 Å². The number of aryl methyl sites for hydroxylation is 3. The maximum absolute atomic E-state index is 9.11. The fourth-order valence-electron chi connectivity index (χ4n) is 3.01. The van der Waals surface area contributed by atoms with E-state index < -0.39 is 0 Å². The molecule has 1 N–H and O–H groups in total. The van der Waals surface area contributed by atoms with E-state index in [9.17, 15) is 0 Å². The third kappa shape index (κ3) is 3.60. The maximum Gasteiger partial charge on any atom is 0.122 e. The fraction of sp³-hybridized carbons (Fsp3) is 0.350. The summed E-state index contributed by atoms with van der Waals surface area (Å²) >= 11 is 0. The topological polar surface area (TPSA) is 47.3 Å². The largest absolute Gasteiger partial charge is 0.491 e. The molecule has 4 nitrogen and oxygen atoms in total. The highest BCUT2D eigenvalue weighted by atomic mass is 16.5. The molecule has 2 aromatic carbocycles. The molecule has 4 heteroatoms. The molecule has 1 heterocycles. The third-order valence-electron chi connectivity index (χ3n) is 4.19. The summed E-state index contributed by atoms with van der Waals surface area (Å²) in [6, 6.07) is 14.4. The Morgan fingerprint density at radius 1 is 1.12 bits per heavy atom. The lowest BCUT2D eigenvalue weighted by Crippen LogP contribution is -2.12. The van der Waals surface area contributed by atoms with Gasteiger partial charge in [0.2, 0.25) is 0 Å². The quantitative estimate of drug-likeness (QED) is 0.721. The summed E-state index contributed by atoms with van der Waals surface area (Å²) in [5, 5.41) is 9.11. The number of fused-ring (bicyclic) bond motifs is 1. The lowest BCUT2D eigenvalue weighted by Gasteiger charge is -2.12. The van der Waals surface area contributed by atoms with Crippen LogP contribution in [0.1, 0.15) is 23.4 Å². The second-order valence-corrected chi connectivity index (χ2v) is 6.11. The van der Waals surface area contributed by atoms with Crippen LogP contribution in [0, 0.1) is 13.8 Å². The highest BCUT2D eigenvalue weighted by Crippen LogP contribution is 2.20. The Morgan fingerprint density at radius 3 is 2.75 bits per heavy atom. The SMILES string of the molecule is Cc1ccc(OCCn2c(CCCO)nc3ccccc32)c(C)c1. The molecule has 1 aromatic heterocycles. The highest BCUT2D eigenvalue weighted by molar-refractivity contribution is 5.75. The van der Waals surface area contributed by atoms with Gasteiger partial charge in [-0.1, -0.05) is 29.8 Å². The number of aliphatic hydroxyl groups is 1. The van der Waals surface area contributed by atoms with E-state index in [1.165, 1.54) is 5.56 Å². The average Bonchev–Trinajstić information content (AvgIpc) is 2.93. The van der Waals surface area contributed by atoms with Crippen molar-refractivity contribution in [3.05, 3.63) is 59.4 Å². The number of imidazole rings is 1. The molecule has 0 saturated heterocycles. The Bertz CT molecular complexity index is 824. The van der Waals surface area contributed by atoms with Crippen molar-refractivity contribution in [2.45, 2.75) is 33.2 Å². The van der Waals surface area contributed by atoms with Crippen LogP contribution < -0.4 is 4.74 Å². The first-order valence-electron chi connectivity index (χ1n) is 8.44. The van der Waals surface area contributed by atoms with Crippen molar-refractivity contribution in [2.24, 2.45) is 0 Å². The number of ether oxygens (including phenoxy) is 1. The molecule has 0 radical (unpaired) electrons. The van der Waals surface area contributed by atoms with E-state index in [2.05, 4.69) is 36.6 Å². The lowest BCUT2D eigenvalue weighted by atomic mass is 10.1. The lowest BCUT2D eigenvalue weighted by molar-refractivity contribution is 0.283. The summed E-state index contributed by atoms with van der Waals surface area (Å²) < 4.78 is 8.18. The van der Waals surface area contributed by atoms with Gasteiger partial charge in [0.25, 0.3) is 0 Å². The van der Waals surface area contributed by atoms with Crippen LogP contribution in [0.5, 0.6) is 5.75 Å². The molecule has 0 amide bonds. The van der Waals surface area contributed by atoms with Crippen molar-refractivity contribution in [2.75, 3.05) is 13.2 Å². The van der Waals surface area contributed by atoms with Crippen LogP contribution in [0.25, 0.3) is 11.0 Å². The van der Waals surface area contributed by atoms with E-state index in [1.54, 1.807) is 0 Å². The second kappa shape index (κ2) is 7.49. The van der Waals surface area contributed by atoms with Crippen molar-refractivity contribution in [1.82, 2.24) is 9.55 Å². The normalized spacial score (nSPS) is 11.1.